The van der Waals surface area contributed by atoms with Crippen LogP contribution in [0.2, 0.25) is 0 Å². The first-order valence-corrected chi connectivity index (χ1v) is 5.57. The molecule has 0 fully saturated rings. The molecule has 106 valence electrons. The number of nitrogens with one attached hydrogen (secondary N) is 2. The van der Waals surface area contributed by atoms with Crippen LogP contribution in [0.15, 0.2) is 12.1 Å². The van der Waals surface area contributed by atoms with E-state index in [0.717, 1.165) is 0 Å². The number of aryl methyl sites for hydroxylation is 1. The van der Waals surface area contributed by atoms with Crippen LogP contribution in [-0.4, -0.2) is 30.3 Å². The number of hydrogen-bond donors (Lipinski definition) is 3. The summed E-state index contributed by atoms with van der Waals surface area (Å²) in [5, 5.41) is 14.1. The number of carbonyl (C=O) groups excluding carboxylic acids is 1. The fourth-order valence-electron chi connectivity index (χ4n) is 1.48. The SMILES string of the molecule is Cc1ccc(NC(=O)CNCC(F)(F)F)c(C)c1O. The quantitative estimate of drug-likeness (QED) is 0.789. The normalized spacial score (nSPS) is 11.4. The lowest BCUT2D eigenvalue weighted by Crippen LogP contribution is -2.35. The second-order valence-electron chi connectivity index (χ2n) is 4.17. The van der Waals surface area contributed by atoms with Crippen LogP contribution in [0.3, 0.4) is 0 Å². The van der Waals surface area contributed by atoms with Crippen LogP contribution >= 0.6 is 0 Å². The molecule has 1 aromatic rings. The lowest BCUT2D eigenvalue weighted by molar-refractivity contribution is -0.126. The fourth-order valence-corrected chi connectivity index (χ4v) is 1.48. The molecule has 0 radical (unpaired) electrons. The molecule has 3 N–H and O–H groups in total. The molecule has 19 heavy (non-hydrogen) atoms. The summed E-state index contributed by atoms with van der Waals surface area (Å²) in [4.78, 5) is 11.4. The third kappa shape index (κ3) is 4.78. The lowest BCUT2D eigenvalue weighted by atomic mass is 10.1. The van der Waals surface area contributed by atoms with Crippen LogP contribution < -0.4 is 10.6 Å². The van der Waals surface area contributed by atoms with Gasteiger partial charge in [0.15, 0.2) is 0 Å². The third-order valence-corrected chi connectivity index (χ3v) is 2.52. The maximum Gasteiger partial charge on any atom is 0.401 e. The zero-order valence-electron chi connectivity index (χ0n) is 10.6. The summed E-state index contributed by atoms with van der Waals surface area (Å²) in [6.45, 7) is 1.64. The summed E-state index contributed by atoms with van der Waals surface area (Å²) in [6.07, 6.45) is -4.35. The number of alkyl halides is 3. The molecule has 0 aliphatic rings. The Bertz CT molecular complexity index is 473. The van der Waals surface area contributed by atoms with Crippen molar-refractivity contribution in [3.63, 3.8) is 0 Å². The Morgan fingerprint density at radius 1 is 1.32 bits per heavy atom. The van der Waals surface area contributed by atoms with Gasteiger partial charge >= 0.3 is 6.18 Å². The molecule has 1 aromatic carbocycles. The number of phenols is 1. The van der Waals surface area contributed by atoms with Gasteiger partial charge in [-0.3, -0.25) is 4.79 Å². The first-order valence-electron chi connectivity index (χ1n) is 5.57. The molecule has 0 aliphatic carbocycles. The standard InChI is InChI=1S/C12H15F3N2O2/c1-7-3-4-9(8(2)11(7)19)17-10(18)5-16-6-12(13,14)15/h3-4,16,19H,5-6H2,1-2H3,(H,17,18). The average molecular weight is 276 g/mol. The molecule has 4 nitrogen and oxygen atoms in total. The maximum absolute atomic E-state index is 11.9. The Morgan fingerprint density at radius 3 is 2.53 bits per heavy atom. The lowest BCUT2D eigenvalue weighted by Gasteiger charge is -2.12. The van der Waals surface area contributed by atoms with Gasteiger partial charge in [0, 0.05) is 11.3 Å². The highest BCUT2D eigenvalue weighted by molar-refractivity contribution is 5.93. The second kappa shape index (κ2) is 5.92. The molecule has 0 aliphatic heterocycles. The van der Waals surface area contributed by atoms with Crippen molar-refractivity contribution < 1.29 is 23.1 Å². The Labute approximate surface area is 108 Å². The Balaban J connectivity index is 2.56. The molecule has 0 aromatic heterocycles. The van der Waals surface area contributed by atoms with Crippen LogP contribution in [0.25, 0.3) is 0 Å². The van der Waals surface area contributed by atoms with Gasteiger partial charge < -0.3 is 15.7 Å². The van der Waals surface area contributed by atoms with Crippen molar-refractivity contribution in [1.82, 2.24) is 5.32 Å². The van der Waals surface area contributed by atoms with E-state index in [0.29, 0.717) is 16.8 Å². The second-order valence-corrected chi connectivity index (χ2v) is 4.17. The Morgan fingerprint density at radius 2 is 1.95 bits per heavy atom. The van der Waals surface area contributed by atoms with Gasteiger partial charge in [0.25, 0.3) is 0 Å². The van der Waals surface area contributed by atoms with Crippen molar-refractivity contribution >= 4 is 11.6 Å². The first kappa shape index (κ1) is 15.3. The molecular formula is C12H15F3N2O2. The van der Waals surface area contributed by atoms with E-state index in [1.54, 1.807) is 26.0 Å². The van der Waals surface area contributed by atoms with Gasteiger partial charge in [-0.15, -0.1) is 0 Å². The zero-order chi connectivity index (χ0) is 14.6. The van der Waals surface area contributed by atoms with E-state index in [2.05, 4.69) is 5.32 Å². The van der Waals surface area contributed by atoms with Crippen LogP contribution in [0.1, 0.15) is 11.1 Å². The molecule has 0 spiro atoms. The number of anilines is 1. The molecule has 0 saturated carbocycles. The number of benzene rings is 1. The largest absolute Gasteiger partial charge is 0.507 e. The highest BCUT2D eigenvalue weighted by Gasteiger charge is 2.26. The van der Waals surface area contributed by atoms with E-state index < -0.39 is 25.2 Å². The van der Waals surface area contributed by atoms with E-state index >= 15 is 0 Å². The number of carbonyl (C=O) groups is 1. The van der Waals surface area contributed by atoms with Crippen molar-refractivity contribution in [2.75, 3.05) is 18.4 Å². The highest BCUT2D eigenvalue weighted by atomic mass is 19.4. The van der Waals surface area contributed by atoms with Crippen LogP contribution in [0, 0.1) is 13.8 Å². The summed E-state index contributed by atoms with van der Waals surface area (Å²) < 4.78 is 35.6. The zero-order valence-corrected chi connectivity index (χ0v) is 10.6. The number of amides is 1. The number of rotatable bonds is 4. The van der Waals surface area contributed by atoms with Crippen LogP contribution in [-0.2, 0) is 4.79 Å². The predicted molar refractivity (Wildman–Crippen MR) is 65.1 cm³/mol. The molecule has 0 saturated heterocycles. The molecule has 0 unspecified atom stereocenters. The number of halogens is 3. The van der Waals surface area contributed by atoms with Crippen LogP contribution in [0.5, 0.6) is 5.75 Å². The van der Waals surface area contributed by atoms with E-state index in [1.165, 1.54) is 0 Å². The van der Waals surface area contributed by atoms with E-state index in [-0.39, 0.29) is 5.75 Å². The van der Waals surface area contributed by atoms with Crippen molar-refractivity contribution in [2.45, 2.75) is 20.0 Å². The highest BCUT2D eigenvalue weighted by Crippen LogP contribution is 2.27. The van der Waals surface area contributed by atoms with Gasteiger partial charge in [-0.25, -0.2) is 0 Å². The topological polar surface area (TPSA) is 61.4 Å². The Kier molecular flexibility index (Phi) is 4.77. The van der Waals surface area contributed by atoms with Crippen LogP contribution in [0.4, 0.5) is 18.9 Å². The van der Waals surface area contributed by atoms with E-state index in [4.69, 9.17) is 0 Å². The number of phenolic OH excluding ortho intramolecular Hbond substituents is 1. The Hall–Kier alpha value is -1.76. The summed E-state index contributed by atoms with van der Waals surface area (Å²) in [7, 11) is 0. The molecule has 0 atom stereocenters. The smallest absolute Gasteiger partial charge is 0.401 e. The van der Waals surface area contributed by atoms with Crippen molar-refractivity contribution in [1.29, 1.82) is 0 Å². The van der Waals surface area contributed by atoms with Crippen molar-refractivity contribution in [2.24, 2.45) is 0 Å². The maximum atomic E-state index is 11.9. The minimum absolute atomic E-state index is 0.0565. The summed E-state index contributed by atoms with van der Waals surface area (Å²) in [5.74, 6) is -0.545. The van der Waals surface area contributed by atoms with Gasteiger partial charge in [0.05, 0.1) is 13.1 Å². The summed E-state index contributed by atoms with van der Waals surface area (Å²) in [5.41, 5.74) is 1.51. The molecule has 1 rings (SSSR count). The fraction of sp³-hybridized carbons (Fsp3) is 0.417. The van der Waals surface area contributed by atoms with Crippen molar-refractivity contribution in [3.8, 4) is 5.75 Å². The van der Waals surface area contributed by atoms with Gasteiger partial charge in [0.2, 0.25) is 5.91 Å². The molecule has 0 bridgehead atoms. The van der Waals surface area contributed by atoms with Gasteiger partial charge in [0.1, 0.15) is 5.75 Å². The minimum Gasteiger partial charge on any atom is -0.507 e. The van der Waals surface area contributed by atoms with E-state index in [1.807, 2.05) is 5.32 Å². The molecule has 7 heteroatoms. The average Bonchev–Trinajstić information content (AvgIpc) is 2.28. The minimum atomic E-state index is -4.35. The van der Waals surface area contributed by atoms with Gasteiger partial charge in [-0.1, -0.05) is 6.07 Å². The molecule has 0 heterocycles. The van der Waals surface area contributed by atoms with E-state index in [9.17, 15) is 23.1 Å². The summed E-state index contributed by atoms with van der Waals surface area (Å²) in [6, 6.07) is 3.20. The first-order chi connectivity index (χ1) is 8.70. The van der Waals surface area contributed by atoms with Gasteiger partial charge in [-0.05, 0) is 25.5 Å². The van der Waals surface area contributed by atoms with Gasteiger partial charge in [-0.2, -0.15) is 13.2 Å². The van der Waals surface area contributed by atoms with Crippen molar-refractivity contribution in [3.05, 3.63) is 23.3 Å². The molecular weight excluding hydrogens is 261 g/mol. The monoisotopic (exact) mass is 276 g/mol. The number of hydrogen-bond acceptors (Lipinski definition) is 3. The predicted octanol–water partition coefficient (Wildman–Crippen LogP) is 2.10. The number of aromatic hydroxyl groups is 1. The third-order valence-electron chi connectivity index (χ3n) is 2.52. The molecule has 1 amide bonds. The summed E-state index contributed by atoms with van der Waals surface area (Å²) >= 11 is 0.